The number of ether oxygens (including phenoxy) is 2. The van der Waals surface area contributed by atoms with Crippen molar-refractivity contribution in [1.29, 1.82) is 0 Å². The molecule has 88 valence electrons. The molecular weight excluding hydrogens is 284 g/mol. The fraction of sp³-hybridized carbons (Fsp3) is 0.556. The predicted molar refractivity (Wildman–Crippen MR) is 65.3 cm³/mol. The van der Waals surface area contributed by atoms with Crippen LogP contribution in [-0.2, 0) is 19.1 Å². The third-order valence-electron chi connectivity index (χ3n) is 1.44. The predicted octanol–water partition coefficient (Wildman–Crippen LogP) is 1.63. The van der Waals surface area contributed by atoms with Gasteiger partial charge in [-0.3, -0.25) is 0 Å². The van der Waals surface area contributed by atoms with E-state index in [0.29, 0.717) is 11.3 Å². The van der Waals surface area contributed by atoms with Crippen LogP contribution in [-0.4, -0.2) is 44.4 Å². The monoisotopic (exact) mass is 298 g/mol. The molecule has 0 fully saturated rings. The third kappa shape index (κ3) is 6.57. The molecule has 6 heteroatoms. The van der Waals surface area contributed by atoms with Crippen molar-refractivity contribution in [2.75, 3.05) is 32.5 Å². The number of hydrogen-bond acceptors (Lipinski definition) is 4. The van der Waals surface area contributed by atoms with Gasteiger partial charge in [-0.15, -0.1) is 0 Å². The highest BCUT2D eigenvalue weighted by Gasteiger charge is 2.18. The summed E-state index contributed by atoms with van der Waals surface area (Å²) in [7, 11) is 1.45. The summed E-state index contributed by atoms with van der Waals surface area (Å²) in [5, 5.41) is 0. The quantitative estimate of drug-likeness (QED) is 0.585. The zero-order valence-electron chi connectivity index (χ0n) is 9.20. The number of hydrogen-bond donors (Lipinski definition) is 0. The second-order valence-corrected chi connectivity index (χ2v) is 11.6. The number of methoxy groups -OCH3 is 2. The molecule has 0 heterocycles. The second kappa shape index (κ2) is 6.17. The van der Waals surface area contributed by atoms with Gasteiger partial charge in [-0.25, -0.2) is 9.59 Å². The summed E-state index contributed by atoms with van der Waals surface area (Å²) < 4.78 is 9.04. The van der Waals surface area contributed by atoms with E-state index in [-0.39, 0.29) is 0 Å². The maximum atomic E-state index is 11.3. The Bertz CT molecular complexity index is 280. The average molecular weight is 299 g/mol. The van der Waals surface area contributed by atoms with E-state index >= 15 is 0 Å². The molecule has 0 aromatic carbocycles. The molecule has 0 spiro atoms. The van der Waals surface area contributed by atoms with Crippen LogP contribution in [0.1, 0.15) is 0 Å². The summed E-state index contributed by atoms with van der Waals surface area (Å²) >= 11 is 3.47. The van der Waals surface area contributed by atoms with Crippen molar-refractivity contribution in [3.8, 4) is 0 Å². The SMILES string of the molecule is COC(=O)/C=C(\CS(C)(C)Br)C(=O)OC. The van der Waals surface area contributed by atoms with E-state index in [1.54, 1.807) is 0 Å². The lowest BCUT2D eigenvalue weighted by molar-refractivity contribution is -0.138. The Morgan fingerprint density at radius 1 is 1.27 bits per heavy atom. The number of rotatable bonds is 4. The van der Waals surface area contributed by atoms with Gasteiger partial charge in [-0.2, -0.15) is 8.46 Å². The van der Waals surface area contributed by atoms with E-state index in [0.717, 1.165) is 0 Å². The van der Waals surface area contributed by atoms with Crippen molar-refractivity contribution >= 4 is 35.2 Å². The van der Waals surface area contributed by atoms with Crippen LogP contribution in [0.2, 0.25) is 0 Å². The standard InChI is InChI=1S/C9H15BrO4S/c1-13-8(11)5-7(9(12)14-2)6-15(3,4)10/h5H,6H2,1-4H3/b7-5+. The minimum Gasteiger partial charge on any atom is -0.466 e. The second-order valence-electron chi connectivity index (χ2n) is 3.23. The highest BCUT2D eigenvalue weighted by atomic mass is 79.9. The van der Waals surface area contributed by atoms with E-state index in [9.17, 15) is 9.59 Å². The number of halogens is 1. The zero-order valence-corrected chi connectivity index (χ0v) is 11.6. The van der Waals surface area contributed by atoms with Crippen LogP contribution in [0, 0.1) is 0 Å². The van der Waals surface area contributed by atoms with Gasteiger partial charge in [0.05, 0.1) is 19.8 Å². The Balaban J connectivity index is 4.82. The first-order valence-electron chi connectivity index (χ1n) is 4.07. The first kappa shape index (κ1) is 14.5. The van der Waals surface area contributed by atoms with Crippen molar-refractivity contribution in [2.24, 2.45) is 0 Å². The lowest BCUT2D eigenvalue weighted by Gasteiger charge is -2.22. The largest absolute Gasteiger partial charge is 0.466 e. The Hall–Kier alpha value is -0.490. The Morgan fingerprint density at radius 2 is 1.80 bits per heavy atom. The molecule has 0 aromatic heterocycles. The fourth-order valence-electron chi connectivity index (χ4n) is 0.862. The summed E-state index contributed by atoms with van der Waals surface area (Å²) in [4.78, 5) is 22.4. The van der Waals surface area contributed by atoms with Gasteiger partial charge in [-0.05, 0) is 27.3 Å². The first-order valence-corrected chi connectivity index (χ1v) is 8.53. The molecule has 0 unspecified atom stereocenters. The summed E-state index contributed by atoms with van der Waals surface area (Å²) in [6, 6.07) is 0. The lowest BCUT2D eigenvalue weighted by Crippen LogP contribution is -2.13. The maximum Gasteiger partial charge on any atom is 0.334 e. The topological polar surface area (TPSA) is 52.6 Å². The summed E-state index contributed by atoms with van der Waals surface area (Å²) in [6.45, 7) is 0. The molecule has 0 aliphatic carbocycles. The van der Waals surface area contributed by atoms with Gasteiger partial charge in [0.1, 0.15) is 0 Å². The molecule has 0 bridgehead atoms. The van der Waals surface area contributed by atoms with E-state index < -0.39 is 20.4 Å². The van der Waals surface area contributed by atoms with Crippen LogP contribution in [0.15, 0.2) is 11.6 Å². The molecule has 0 atom stereocenters. The Labute approximate surface area is 98.5 Å². The number of carbonyl (C=O) groups excluding carboxylic acids is 2. The van der Waals surface area contributed by atoms with Gasteiger partial charge in [0.15, 0.2) is 0 Å². The van der Waals surface area contributed by atoms with Crippen LogP contribution in [0.25, 0.3) is 0 Å². The van der Waals surface area contributed by atoms with Gasteiger partial charge < -0.3 is 9.47 Å². The molecule has 0 aromatic rings. The Kier molecular flexibility index (Phi) is 5.97. The minimum absolute atomic E-state index is 0.321. The molecule has 0 aliphatic heterocycles. The number of carbonyl (C=O) groups is 2. The van der Waals surface area contributed by atoms with Crippen molar-refractivity contribution in [3.63, 3.8) is 0 Å². The minimum atomic E-state index is -1.10. The van der Waals surface area contributed by atoms with Crippen LogP contribution in [0.3, 0.4) is 0 Å². The third-order valence-corrected chi connectivity index (χ3v) is 3.12. The van der Waals surface area contributed by atoms with Crippen molar-refractivity contribution < 1.29 is 19.1 Å². The van der Waals surface area contributed by atoms with Gasteiger partial charge in [0.2, 0.25) is 0 Å². The molecular formula is C9H15BrO4S. The fourth-order valence-corrected chi connectivity index (χ4v) is 2.54. The van der Waals surface area contributed by atoms with Gasteiger partial charge in [0, 0.05) is 11.8 Å². The molecule has 0 saturated heterocycles. The average Bonchev–Trinajstić information content (AvgIpc) is 2.13. The van der Waals surface area contributed by atoms with Crippen LogP contribution < -0.4 is 0 Å². The Morgan fingerprint density at radius 3 is 2.13 bits per heavy atom. The number of esters is 2. The van der Waals surface area contributed by atoms with Gasteiger partial charge in [0.25, 0.3) is 0 Å². The smallest absolute Gasteiger partial charge is 0.334 e. The molecule has 0 aliphatic rings. The highest BCUT2D eigenvalue weighted by Crippen LogP contribution is 2.49. The van der Waals surface area contributed by atoms with E-state index in [2.05, 4.69) is 24.3 Å². The summed E-state index contributed by atoms with van der Waals surface area (Å²) in [5.74, 6) is -0.582. The molecule has 0 saturated carbocycles. The van der Waals surface area contributed by atoms with E-state index in [1.165, 1.54) is 20.3 Å². The van der Waals surface area contributed by atoms with E-state index in [1.807, 2.05) is 12.5 Å². The van der Waals surface area contributed by atoms with E-state index in [4.69, 9.17) is 0 Å². The molecule has 0 amide bonds. The van der Waals surface area contributed by atoms with Crippen LogP contribution in [0.5, 0.6) is 0 Å². The normalized spacial score (nSPS) is 13.3. The van der Waals surface area contributed by atoms with Crippen LogP contribution >= 0.6 is 23.3 Å². The van der Waals surface area contributed by atoms with Gasteiger partial charge >= 0.3 is 11.9 Å². The van der Waals surface area contributed by atoms with Crippen molar-refractivity contribution in [2.45, 2.75) is 0 Å². The van der Waals surface area contributed by atoms with Crippen LogP contribution in [0.4, 0.5) is 0 Å². The summed E-state index contributed by atoms with van der Waals surface area (Å²) in [6.07, 6.45) is 5.12. The molecule has 15 heavy (non-hydrogen) atoms. The highest BCUT2D eigenvalue weighted by molar-refractivity contribution is 9.58. The molecule has 0 rings (SSSR count). The molecule has 0 N–H and O–H groups in total. The zero-order chi connectivity index (χ0) is 12.1. The lowest BCUT2D eigenvalue weighted by atomic mass is 10.3. The van der Waals surface area contributed by atoms with Crippen molar-refractivity contribution in [1.82, 2.24) is 0 Å². The molecule has 0 radical (unpaired) electrons. The first-order chi connectivity index (χ1) is 6.80. The molecule has 4 nitrogen and oxygen atoms in total. The maximum absolute atomic E-state index is 11.3. The van der Waals surface area contributed by atoms with Crippen molar-refractivity contribution in [3.05, 3.63) is 11.6 Å². The van der Waals surface area contributed by atoms with Gasteiger partial charge in [-0.1, -0.05) is 0 Å². The summed E-state index contributed by atoms with van der Waals surface area (Å²) in [5.41, 5.74) is 0.321.